The molecular weight excluding hydrogens is 456 g/mol. The van der Waals surface area contributed by atoms with Crippen LogP contribution in [-0.4, -0.2) is 59.5 Å². The Morgan fingerprint density at radius 3 is 2.39 bits per heavy atom. The second-order valence-electron chi connectivity index (χ2n) is 9.27. The van der Waals surface area contributed by atoms with Gasteiger partial charge in [0, 0.05) is 30.5 Å². The molecule has 0 aliphatic heterocycles. The predicted molar refractivity (Wildman–Crippen MR) is 134 cm³/mol. The molecule has 0 aliphatic carbocycles. The maximum atomic E-state index is 13.7. The van der Waals surface area contributed by atoms with Crippen LogP contribution in [0.15, 0.2) is 46.8 Å². The van der Waals surface area contributed by atoms with E-state index in [0.717, 1.165) is 15.8 Å². The van der Waals surface area contributed by atoms with Crippen LogP contribution >= 0.6 is 11.3 Å². The van der Waals surface area contributed by atoms with E-state index in [2.05, 4.69) is 32.8 Å². The van der Waals surface area contributed by atoms with Crippen molar-refractivity contribution >= 4 is 37.4 Å². The van der Waals surface area contributed by atoms with Gasteiger partial charge < -0.3 is 4.90 Å². The Hall–Kier alpha value is -2.23. The number of nitrogens with zero attached hydrogens (tertiary/aromatic N) is 4. The van der Waals surface area contributed by atoms with Gasteiger partial charge in [0.05, 0.1) is 23.7 Å². The second-order valence-corrected chi connectivity index (χ2v) is 12.2. The zero-order valence-electron chi connectivity index (χ0n) is 20.1. The molecule has 3 aromatic rings. The highest BCUT2D eigenvalue weighted by atomic mass is 32.2. The van der Waals surface area contributed by atoms with E-state index >= 15 is 0 Å². The molecule has 0 saturated heterocycles. The summed E-state index contributed by atoms with van der Waals surface area (Å²) < 4.78 is 31.4. The van der Waals surface area contributed by atoms with E-state index in [4.69, 9.17) is 0 Å². The molecule has 9 heteroatoms. The molecule has 2 heterocycles. The third kappa shape index (κ3) is 6.65. The highest BCUT2D eigenvalue weighted by Crippen LogP contribution is 2.26. The number of benzene rings is 1. The summed E-state index contributed by atoms with van der Waals surface area (Å²) >= 11 is 1.57. The topological polar surface area (TPSA) is 75.5 Å². The summed E-state index contributed by atoms with van der Waals surface area (Å²) in [5.74, 6) is 0.422. The molecule has 1 aromatic carbocycles. The molecule has 0 atom stereocenters. The van der Waals surface area contributed by atoms with E-state index in [1.165, 1.54) is 4.31 Å². The first-order valence-corrected chi connectivity index (χ1v) is 13.6. The fraction of sp³-hybridized carbons (Fsp3) is 0.500. The second kappa shape index (κ2) is 10.8. The van der Waals surface area contributed by atoms with Crippen LogP contribution in [-0.2, 0) is 21.4 Å². The van der Waals surface area contributed by atoms with E-state index in [1.807, 2.05) is 36.7 Å². The smallest absolute Gasteiger partial charge is 0.243 e. The lowest BCUT2D eigenvalue weighted by Gasteiger charge is -2.29. The Balaban J connectivity index is 1.89. The van der Waals surface area contributed by atoms with Crippen LogP contribution in [0.5, 0.6) is 0 Å². The number of hydrogen-bond donors (Lipinski definition) is 0. The summed E-state index contributed by atoms with van der Waals surface area (Å²) in [4.78, 5) is 15.3. The first-order valence-electron chi connectivity index (χ1n) is 11.3. The Bertz CT molecular complexity index is 1170. The van der Waals surface area contributed by atoms with Gasteiger partial charge in [0.15, 0.2) is 0 Å². The lowest BCUT2D eigenvalue weighted by molar-refractivity contribution is -0.132. The van der Waals surface area contributed by atoms with Gasteiger partial charge in [0.1, 0.15) is 0 Å². The van der Waals surface area contributed by atoms with Gasteiger partial charge in [0.2, 0.25) is 15.9 Å². The number of rotatable bonds is 11. The molecular formula is C24H34N4O3S2. The van der Waals surface area contributed by atoms with E-state index in [1.54, 1.807) is 33.1 Å². The predicted octanol–water partition coefficient (Wildman–Crippen LogP) is 4.24. The fourth-order valence-corrected chi connectivity index (χ4v) is 5.94. The van der Waals surface area contributed by atoms with Gasteiger partial charge in [-0.15, -0.1) is 11.3 Å². The van der Waals surface area contributed by atoms with Crippen molar-refractivity contribution in [2.45, 2.75) is 46.1 Å². The highest BCUT2D eigenvalue weighted by Gasteiger charge is 2.29. The summed E-state index contributed by atoms with van der Waals surface area (Å²) in [5, 5.41) is 7.19. The van der Waals surface area contributed by atoms with Gasteiger partial charge in [-0.25, -0.2) is 8.42 Å². The van der Waals surface area contributed by atoms with Gasteiger partial charge in [0.25, 0.3) is 0 Å². The summed E-state index contributed by atoms with van der Waals surface area (Å²) in [7, 11) is -3.87. The summed E-state index contributed by atoms with van der Waals surface area (Å²) in [5.41, 5.74) is 0.864. The largest absolute Gasteiger partial charge is 0.341 e. The summed E-state index contributed by atoms with van der Waals surface area (Å²) in [6, 6.07) is 8.93. The van der Waals surface area contributed by atoms with Crippen molar-refractivity contribution in [2.75, 3.05) is 26.2 Å². The van der Waals surface area contributed by atoms with Crippen molar-refractivity contribution in [1.29, 1.82) is 0 Å². The van der Waals surface area contributed by atoms with Crippen LogP contribution in [0.25, 0.3) is 10.1 Å². The van der Waals surface area contributed by atoms with Gasteiger partial charge in [-0.3, -0.25) is 9.48 Å². The van der Waals surface area contributed by atoms with Gasteiger partial charge in [-0.05, 0) is 59.9 Å². The lowest BCUT2D eigenvalue weighted by Crippen LogP contribution is -2.46. The van der Waals surface area contributed by atoms with Crippen molar-refractivity contribution in [2.24, 2.45) is 11.8 Å². The number of carbonyl (C=O) groups excluding carboxylic acids is 1. The van der Waals surface area contributed by atoms with E-state index in [-0.39, 0.29) is 23.9 Å². The van der Waals surface area contributed by atoms with Crippen molar-refractivity contribution < 1.29 is 13.2 Å². The SMILES string of the molecule is Cc1ccn(CCN(CC(=O)N(CC(C)C)CC(C)C)S(=O)(=O)c2ccc3sccc3c2)n1. The molecule has 180 valence electrons. The Kier molecular flexibility index (Phi) is 8.31. The molecule has 3 rings (SSSR count). The van der Waals surface area contributed by atoms with Crippen molar-refractivity contribution in [3.8, 4) is 0 Å². The van der Waals surface area contributed by atoms with Crippen molar-refractivity contribution in [1.82, 2.24) is 19.0 Å². The summed E-state index contributed by atoms with van der Waals surface area (Å²) in [6.45, 7) is 11.7. The minimum atomic E-state index is -3.87. The van der Waals surface area contributed by atoms with Crippen LogP contribution in [0, 0.1) is 18.8 Å². The van der Waals surface area contributed by atoms with Gasteiger partial charge in [-0.2, -0.15) is 9.40 Å². The van der Waals surface area contributed by atoms with E-state index < -0.39 is 10.0 Å². The number of amides is 1. The first-order chi connectivity index (χ1) is 15.6. The molecule has 0 saturated carbocycles. The average Bonchev–Trinajstić information content (AvgIpc) is 3.37. The van der Waals surface area contributed by atoms with Gasteiger partial charge >= 0.3 is 0 Å². The molecule has 0 bridgehead atoms. The molecule has 0 unspecified atom stereocenters. The first kappa shape index (κ1) is 25.4. The zero-order chi connectivity index (χ0) is 24.2. The number of sulfonamides is 1. The third-order valence-electron chi connectivity index (χ3n) is 5.25. The fourth-order valence-electron chi connectivity index (χ4n) is 3.75. The van der Waals surface area contributed by atoms with Crippen LogP contribution in [0.3, 0.4) is 0 Å². The number of hydrogen-bond acceptors (Lipinski definition) is 5. The van der Waals surface area contributed by atoms with Crippen LogP contribution in [0.4, 0.5) is 0 Å². The number of carbonyl (C=O) groups is 1. The molecule has 33 heavy (non-hydrogen) atoms. The molecule has 0 aliphatic rings. The maximum Gasteiger partial charge on any atom is 0.243 e. The van der Waals surface area contributed by atoms with Crippen LogP contribution in [0.1, 0.15) is 33.4 Å². The van der Waals surface area contributed by atoms with Crippen LogP contribution < -0.4 is 0 Å². The number of fused-ring (bicyclic) bond motifs is 1. The molecule has 0 radical (unpaired) electrons. The van der Waals surface area contributed by atoms with Crippen LogP contribution in [0.2, 0.25) is 0 Å². The van der Waals surface area contributed by atoms with E-state index in [9.17, 15) is 13.2 Å². The van der Waals surface area contributed by atoms with E-state index in [0.29, 0.717) is 31.5 Å². The van der Waals surface area contributed by atoms with Crippen molar-refractivity contribution in [3.05, 3.63) is 47.6 Å². The number of aryl methyl sites for hydroxylation is 1. The molecule has 2 aromatic heterocycles. The Labute approximate surface area is 201 Å². The normalized spacial score (nSPS) is 12.4. The van der Waals surface area contributed by atoms with Gasteiger partial charge in [-0.1, -0.05) is 27.7 Å². The summed E-state index contributed by atoms with van der Waals surface area (Å²) in [6.07, 6.45) is 1.82. The molecule has 7 nitrogen and oxygen atoms in total. The number of thiophene rings is 1. The third-order valence-corrected chi connectivity index (χ3v) is 7.99. The zero-order valence-corrected chi connectivity index (χ0v) is 21.7. The Morgan fingerprint density at radius 2 is 1.79 bits per heavy atom. The number of aromatic nitrogens is 2. The molecule has 0 spiro atoms. The lowest BCUT2D eigenvalue weighted by atomic mass is 10.1. The maximum absolute atomic E-state index is 13.7. The molecule has 0 N–H and O–H groups in total. The molecule has 1 amide bonds. The molecule has 0 fully saturated rings. The monoisotopic (exact) mass is 490 g/mol. The minimum Gasteiger partial charge on any atom is -0.341 e. The average molecular weight is 491 g/mol. The van der Waals surface area contributed by atoms with Crippen molar-refractivity contribution in [3.63, 3.8) is 0 Å². The minimum absolute atomic E-state index is 0.161. The highest BCUT2D eigenvalue weighted by molar-refractivity contribution is 7.89. The Morgan fingerprint density at radius 1 is 1.09 bits per heavy atom. The quantitative estimate of drug-likeness (QED) is 0.403. The standard InChI is InChI=1S/C24H34N4O3S2/c1-18(2)15-26(16-19(3)4)24(29)17-28(12-11-27-10-8-20(5)25-27)33(30,31)22-6-7-23-21(14-22)9-13-32-23/h6-10,13-14,18-19H,11-12,15-17H2,1-5H3.